The van der Waals surface area contributed by atoms with Crippen molar-refractivity contribution in [3.8, 4) is 17.2 Å². The van der Waals surface area contributed by atoms with Crippen molar-refractivity contribution in [2.24, 2.45) is 0 Å². The second kappa shape index (κ2) is 5.97. The minimum Gasteiger partial charge on any atom is -0.493 e. The number of benzene rings is 2. The summed E-state index contributed by atoms with van der Waals surface area (Å²) in [5.41, 5.74) is 0.0865. The predicted molar refractivity (Wildman–Crippen MR) is 94.9 cm³/mol. The molecule has 0 saturated carbocycles. The SMILES string of the molecule is COc1ccc([C@@H]2SC[C@H](O)[C@]23Oc2ccccc2C3=O)cc1OC. The molecular formula is C19H18O5S. The number of methoxy groups -OCH3 is 2. The topological polar surface area (TPSA) is 65.0 Å². The number of Topliss-reactive ketones (excluding diaryl/α,β-unsaturated/α-hetero) is 1. The van der Waals surface area contributed by atoms with Gasteiger partial charge < -0.3 is 19.3 Å². The maximum absolute atomic E-state index is 13.1. The summed E-state index contributed by atoms with van der Waals surface area (Å²) in [6.45, 7) is 0. The van der Waals surface area contributed by atoms with E-state index in [1.165, 1.54) is 11.8 Å². The van der Waals surface area contributed by atoms with Gasteiger partial charge in [-0.1, -0.05) is 18.2 Å². The molecule has 1 N–H and O–H groups in total. The van der Waals surface area contributed by atoms with Gasteiger partial charge in [0.2, 0.25) is 11.4 Å². The fraction of sp³-hybridized carbons (Fsp3) is 0.316. The Morgan fingerprint density at radius 3 is 2.64 bits per heavy atom. The van der Waals surface area contributed by atoms with E-state index in [0.717, 1.165) is 5.56 Å². The second-order valence-electron chi connectivity index (χ2n) is 6.06. The number of hydrogen-bond donors (Lipinski definition) is 1. The lowest BCUT2D eigenvalue weighted by atomic mass is 9.84. The molecule has 1 saturated heterocycles. The summed E-state index contributed by atoms with van der Waals surface area (Å²) in [4.78, 5) is 13.1. The Balaban J connectivity index is 1.80. The summed E-state index contributed by atoms with van der Waals surface area (Å²) in [5, 5.41) is 10.3. The average molecular weight is 358 g/mol. The third-order valence-corrected chi connectivity index (χ3v) is 6.24. The molecular weight excluding hydrogens is 340 g/mol. The van der Waals surface area contributed by atoms with E-state index in [9.17, 15) is 9.90 Å². The Morgan fingerprint density at radius 2 is 1.92 bits per heavy atom. The number of aliphatic hydroxyl groups excluding tert-OH is 1. The van der Waals surface area contributed by atoms with Gasteiger partial charge in [-0.25, -0.2) is 0 Å². The van der Waals surface area contributed by atoms with Crippen molar-refractivity contribution in [3.63, 3.8) is 0 Å². The number of fused-ring (bicyclic) bond motifs is 1. The van der Waals surface area contributed by atoms with Gasteiger partial charge in [0.15, 0.2) is 11.5 Å². The highest BCUT2D eigenvalue weighted by Gasteiger charge is 2.62. The van der Waals surface area contributed by atoms with E-state index in [4.69, 9.17) is 14.2 Å². The molecule has 25 heavy (non-hydrogen) atoms. The van der Waals surface area contributed by atoms with Crippen molar-refractivity contribution in [2.75, 3.05) is 20.0 Å². The first-order valence-corrected chi connectivity index (χ1v) is 9.01. The molecule has 0 radical (unpaired) electrons. The summed E-state index contributed by atoms with van der Waals surface area (Å²) < 4.78 is 16.7. The van der Waals surface area contributed by atoms with Crippen LogP contribution >= 0.6 is 11.8 Å². The van der Waals surface area contributed by atoms with Gasteiger partial charge in [0.05, 0.1) is 25.0 Å². The molecule has 0 unspecified atom stereocenters. The van der Waals surface area contributed by atoms with Crippen LogP contribution in [0.15, 0.2) is 42.5 Å². The van der Waals surface area contributed by atoms with Gasteiger partial charge in [0, 0.05) is 5.75 Å². The van der Waals surface area contributed by atoms with Crippen molar-refractivity contribution >= 4 is 17.5 Å². The number of ether oxygens (including phenoxy) is 3. The van der Waals surface area contributed by atoms with E-state index >= 15 is 0 Å². The number of ketones is 1. The van der Waals surface area contributed by atoms with Crippen LogP contribution in [-0.2, 0) is 0 Å². The summed E-state index contributed by atoms with van der Waals surface area (Å²) in [6, 6.07) is 12.7. The molecule has 1 spiro atoms. The fourth-order valence-corrected chi connectivity index (χ4v) is 5.06. The maximum Gasteiger partial charge on any atom is 0.214 e. The number of hydrogen-bond acceptors (Lipinski definition) is 6. The Bertz CT molecular complexity index is 836. The molecule has 3 atom stereocenters. The largest absolute Gasteiger partial charge is 0.493 e. The highest BCUT2D eigenvalue weighted by Crippen LogP contribution is 2.55. The number of rotatable bonds is 3. The van der Waals surface area contributed by atoms with Crippen molar-refractivity contribution in [3.05, 3.63) is 53.6 Å². The molecule has 2 aromatic carbocycles. The molecule has 2 aliphatic heterocycles. The first-order chi connectivity index (χ1) is 12.1. The zero-order chi connectivity index (χ0) is 17.6. The number of carbonyl (C=O) groups is 1. The summed E-state index contributed by atoms with van der Waals surface area (Å²) in [6.07, 6.45) is -0.879. The second-order valence-corrected chi connectivity index (χ2v) is 7.20. The van der Waals surface area contributed by atoms with E-state index in [-0.39, 0.29) is 11.0 Å². The minimum atomic E-state index is -1.30. The van der Waals surface area contributed by atoms with Crippen LogP contribution in [0.5, 0.6) is 17.2 Å². The van der Waals surface area contributed by atoms with Gasteiger partial charge in [-0.2, -0.15) is 0 Å². The fourth-order valence-electron chi connectivity index (χ4n) is 3.54. The van der Waals surface area contributed by atoms with E-state index in [2.05, 4.69) is 0 Å². The van der Waals surface area contributed by atoms with E-state index < -0.39 is 11.7 Å². The smallest absolute Gasteiger partial charge is 0.214 e. The Labute approximate surface area is 149 Å². The van der Waals surface area contributed by atoms with Crippen molar-refractivity contribution in [1.29, 1.82) is 0 Å². The van der Waals surface area contributed by atoms with Gasteiger partial charge in [0.1, 0.15) is 11.9 Å². The molecule has 0 amide bonds. The Morgan fingerprint density at radius 1 is 1.16 bits per heavy atom. The standard InChI is InChI=1S/C19H18O5S/c1-22-14-8-7-11(9-15(14)23-2)18-19(16(20)10-25-18)17(21)12-5-3-4-6-13(12)24-19/h3-9,16,18,20H,10H2,1-2H3/t16-,18-,19+/m0/s1. The van der Waals surface area contributed by atoms with Crippen LogP contribution in [0, 0.1) is 0 Å². The van der Waals surface area contributed by atoms with Gasteiger partial charge >= 0.3 is 0 Å². The summed E-state index contributed by atoms with van der Waals surface area (Å²) in [5.74, 6) is 1.99. The number of carbonyl (C=O) groups excluding carboxylic acids is 1. The number of thioether (sulfide) groups is 1. The number of para-hydroxylation sites is 1. The zero-order valence-electron chi connectivity index (χ0n) is 13.9. The van der Waals surface area contributed by atoms with Gasteiger partial charge in [-0.3, -0.25) is 4.79 Å². The maximum atomic E-state index is 13.1. The van der Waals surface area contributed by atoms with Crippen LogP contribution in [0.2, 0.25) is 0 Å². The Kier molecular flexibility index (Phi) is 3.89. The van der Waals surface area contributed by atoms with Gasteiger partial charge in [-0.15, -0.1) is 11.8 Å². The molecule has 2 aliphatic rings. The molecule has 6 heteroatoms. The predicted octanol–water partition coefficient (Wildman–Crippen LogP) is 2.87. The molecule has 4 rings (SSSR count). The van der Waals surface area contributed by atoms with Crippen LogP contribution in [0.3, 0.4) is 0 Å². The lowest BCUT2D eigenvalue weighted by Crippen LogP contribution is -2.51. The lowest BCUT2D eigenvalue weighted by Gasteiger charge is -2.31. The Hall–Kier alpha value is -2.18. The molecule has 130 valence electrons. The third-order valence-electron chi connectivity index (χ3n) is 4.78. The highest BCUT2D eigenvalue weighted by molar-refractivity contribution is 8.00. The van der Waals surface area contributed by atoms with Crippen molar-refractivity contribution < 1.29 is 24.1 Å². The van der Waals surface area contributed by atoms with Crippen LogP contribution < -0.4 is 14.2 Å². The molecule has 0 aliphatic carbocycles. The molecule has 5 nitrogen and oxygen atoms in total. The van der Waals surface area contributed by atoms with Crippen LogP contribution in [0.4, 0.5) is 0 Å². The summed E-state index contributed by atoms with van der Waals surface area (Å²) in [7, 11) is 3.15. The molecule has 0 aromatic heterocycles. The average Bonchev–Trinajstić information content (AvgIpc) is 3.13. The van der Waals surface area contributed by atoms with Crippen LogP contribution in [0.1, 0.15) is 21.2 Å². The number of aliphatic hydroxyl groups is 1. The summed E-state index contributed by atoms with van der Waals surface area (Å²) >= 11 is 1.51. The van der Waals surface area contributed by atoms with E-state index in [1.807, 2.05) is 18.2 Å². The first-order valence-electron chi connectivity index (χ1n) is 7.96. The monoisotopic (exact) mass is 358 g/mol. The van der Waals surface area contributed by atoms with Gasteiger partial charge in [-0.05, 0) is 29.8 Å². The third kappa shape index (κ3) is 2.24. The highest BCUT2D eigenvalue weighted by atomic mass is 32.2. The van der Waals surface area contributed by atoms with E-state index in [0.29, 0.717) is 28.6 Å². The molecule has 0 bridgehead atoms. The zero-order valence-corrected chi connectivity index (χ0v) is 14.7. The van der Waals surface area contributed by atoms with Crippen LogP contribution in [0.25, 0.3) is 0 Å². The normalized spacial score (nSPS) is 27.2. The molecule has 2 aromatic rings. The molecule has 2 heterocycles. The molecule has 1 fully saturated rings. The first kappa shape index (κ1) is 16.3. The van der Waals surface area contributed by atoms with Crippen LogP contribution in [-0.4, -0.2) is 42.6 Å². The van der Waals surface area contributed by atoms with E-state index in [1.54, 1.807) is 38.5 Å². The van der Waals surface area contributed by atoms with Crippen molar-refractivity contribution in [2.45, 2.75) is 17.0 Å². The minimum absolute atomic E-state index is 0.166. The van der Waals surface area contributed by atoms with Gasteiger partial charge in [0.25, 0.3) is 0 Å². The van der Waals surface area contributed by atoms with Crippen molar-refractivity contribution in [1.82, 2.24) is 0 Å². The quantitative estimate of drug-likeness (QED) is 0.910. The lowest BCUT2D eigenvalue weighted by molar-refractivity contribution is -0.00802.